The quantitative estimate of drug-likeness (QED) is 0.775. The maximum absolute atomic E-state index is 3.82. The van der Waals surface area contributed by atoms with Gasteiger partial charge in [-0.3, -0.25) is 0 Å². The Morgan fingerprint density at radius 2 is 2.24 bits per heavy atom. The fourth-order valence-corrected chi connectivity index (χ4v) is 2.32. The van der Waals surface area contributed by atoms with E-state index in [1.54, 1.807) is 0 Å². The lowest BCUT2D eigenvalue weighted by Crippen LogP contribution is -2.16. The SMILES string of the molecule is C=CCn1ccc2cccc(CNC3CC3)c21. The van der Waals surface area contributed by atoms with E-state index < -0.39 is 0 Å². The lowest BCUT2D eigenvalue weighted by molar-refractivity contribution is 0.687. The van der Waals surface area contributed by atoms with Crippen molar-refractivity contribution >= 4 is 10.9 Å². The van der Waals surface area contributed by atoms with Crippen LogP contribution in [0, 0.1) is 0 Å². The van der Waals surface area contributed by atoms with Gasteiger partial charge in [-0.2, -0.15) is 0 Å². The van der Waals surface area contributed by atoms with E-state index in [0.29, 0.717) is 0 Å². The van der Waals surface area contributed by atoms with Gasteiger partial charge >= 0.3 is 0 Å². The van der Waals surface area contributed by atoms with Gasteiger partial charge in [0, 0.05) is 25.3 Å². The van der Waals surface area contributed by atoms with Crippen molar-refractivity contribution in [3.63, 3.8) is 0 Å². The average Bonchev–Trinajstić information content (AvgIpc) is 3.09. The summed E-state index contributed by atoms with van der Waals surface area (Å²) in [5.74, 6) is 0. The molecule has 0 spiro atoms. The highest BCUT2D eigenvalue weighted by Gasteiger charge is 2.20. The summed E-state index contributed by atoms with van der Waals surface area (Å²) in [6.07, 6.45) is 6.77. The Bertz CT molecular complexity index is 535. The zero-order chi connectivity index (χ0) is 11.7. The van der Waals surface area contributed by atoms with E-state index in [-0.39, 0.29) is 0 Å². The number of allylic oxidation sites excluding steroid dienone is 1. The first-order valence-electron chi connectivity index (χ1n) is 6.29. The molecule has 0 atom stereocenters. The molecule has 1 aliphatic rings. The molecule has 0 unspecified atom stereocenters. The Kier molecular flexibility index (Phi) is 2.73. The van der Waals surface area contributed by atoms with Crippen LogP contribution in [0.15, 0.2) is 43.1 Å². The van der Waals surface area contributed by atoms with Crippen LogP contribution in [0.2, 0.25) is 0 Å². The zero-order valence-electron chi connectivity index (χ0n) is 10.0. The third-order valence-electron chi connectivity index (χ3n) is 3.36. The van der Waals surface area contributed by atoms with Crippen molar-refractivity contribution in [1.82, 2.24) is 9.88 Å². The molecule has 88 valence electrons. The van der Waals surface area contributed by atoms with E-state index in [4.69, 9.17) is 0 Å². The van der Waals surface area contributed by atoms with Crippen LogP contribution in [0.5, 0.6) is 0 Å². The summed E-state index contributed by atoms with van der Waals surface area (Å²) in [7, 11) is 0. The van der Waals surface area contributed by atoms with Gasteiger partial charge in [0.2, 0.25) is 0 Å². The van der Waals surface area contributed by atoms with E-state index >= 15 is 0 Å². The molecule has 1 fully saturated rings. The number of fused-ring (bicyclic) bond motifs is 1. The third kappa shape index (κ3) is 2.13. The first-order chi connectivity index (χ1) is 8.38. The molecule has 0 amide bonds. The zero-order valence-corrected chi connectivity index (χ0v) is 10.0. The summed E-state index contributed by atoms with van der Waals surface area (Å²) in [6, 6.07) is 9.48. The fraction of sp³-hybridized carbons (Fsp3) is 0.333. The fourth-order valence-electron chi connectivity index (χ4n) is 2.32. The number of hydrogen-bond donors (Lipinski definition) is 1. The van der Waals surface area contributed by atoms with Crippen LogP contribution in [0.25, 0.3) is 10.9 Å². The average molecular weight is 226 g/mol. The number of hydrogen-bond acceptors (Lipinski definition) is 1. The van der Waals surface area contributed by atoms with E-state index in [0.717, 1.165) is 19.1 Å². The predicted molar refractivity (Wildman–Crippen MR) is 72.0 cm³/mol. The predicted octanol–water partition coefficient (Wildman–Crippen LogP) is 3.08. The van der Waals surface area contributed by atoms with Crippen molar-refractivity contribution in [2.24, 2.45) is 0 Å². The van der Waals surface area contributed by atoms with E-state index in [9.17, 15) is 0 Å². The topological polar surface area (TPSA) is 17.0 Å². The van der Waals surface area contributed by atoms with Crippen LogP contribution in [-0.2, 0) is 13.1 Å². The number of benzene rings is 1. The molecule has 0 aliphatic heterocycles. The van der Waals surface area contributed by atoms with Gasteiger partial charge in [-0.15, -0.1) is 6.58 Å². The Labute approximate surface area is 102 Å². The minimum absolute atomic E-state index is 0.757. The van der Waals surface area contributed by atoms with Crippen LogP contribution in [-0.4, -0.2) is 10.6 Å². The molecule has 2 heteroatoms. The molecule has 0 bridgehead atoms. The minimum atomic E-state index is 0.757. The summed E-state index contributed by atoms with van der Waals surface area (Å²) in [4.78, 5) is 0. The molecule has 3 rings (SSSR count). The second-order valence-corrected chi connectivity index (χ2v) is 4.77. The molecule has 0 radical (unpaired) electrons. The molecular weight excluding hydrogens is 208 g/mol. The first-order valence-corrected chi connectivity index (χ1v) is 6.29. The van der Waals surface area contributed by atoms with Gasteiger partial charge in [-0.1, -0.05) is 24.3 Å². The van der Waals surface area contributed by atoms with Gasteiger partial charge in [0.25, 0.3) is 0 Å². The monoisotopic (exact) mass is 226 g/mol. The molecule has 0 saturated heterocycles. The van der Waals surface area contributed by atoms with Crippen LogP contribution in [0.4, 0.5) is 0 Å². The summed E-state index contributed by atoms with van der Waals surface area (Å²) in [5.41, 5.74) is 2.74. The van der Waals surface area contributed by atoms with Crippen molar-refractivity contribution < 1.29 is 0 Å². The molecule has 2 nitrogen and oxygen atoms in total. The second kappa shape index (κ2) is 4.38. The van der Waals surface area contributed by atoms with Gasteiger partial charge in [-0.25, -0.2) is 0 Å². The van der Waals surface area contributed by atoms with Gasteiger partial charge < -0.3 is 9.88 Å². The largest absolute Gasteiger partial charge is 0.343 e. The van der Waals surface area contributed by atoms with Crippen LogP contribution < -0.4 is 5.32 Å². The van der Waals surface area contributed by atoms with Gasteiger partial charge in [0.15, 0.2) is 0 Å². The van der Waals surface area contributed by atoms with Gasteiger partial charge in [-0.05, 0) is 29.9 Å². The molecular formula is C15H18N2. The normalized spacial score (nSPS) is 15.3. The second-order valence-electron chi connectivity index (χ2n) is 4.77. The maximum Gasteiger partial charge on any atom is 0.0528 e. The molecule has 1 aromatic carbocycles. The number of nitrogens with one attached hydrogen (secondary N) is 1. The molecule has 1 heterocycles. The van der Waals surface area contributed by atoms with Gasteiger partial charge in [0.1, 0.15) is 0 Å². The van der Waals surface area contributed by atoms with Crippen LogP contribution in [0.3, 0.4) is 0 Å². The van der Waals surface area contributed by atoms with Crippen molar-refractivity contribution in [3.8, 4) is 0 Å². The summed E-state index contributed by atoms with van der Waals surface area (Å²) in [6.45, 7) is 5.67. The van der Waals surface area contributed by atoms with Crippen LogP contribution >= 0.6 is 0 Å². The highest BCUT2D eigenvalue weighted by Crippen LogP contribution is 2.23. The number of rotatable bonds is 5. The smallest absolute Gasteiger partial charge is 0.0528 e. The number of nitrogens with zero attached hydrogens (tertiary/aromatic N) is 1. The lowest BCUT2D eigenvalue weighted by Gasteiger charge is -2.09. The van der Waals surface area contributed by atoms with Crippen molar-refractivity contribution in [3.05, 3.63) is 48.7 Å². The molecule has 1 saturated carbocycles. The van der Waals surface area contributed by atoms with Crippen molar-refractivity contribution in [2.45, 2.75) is 32.0 Å². The molecule has 1 aliphatic carbocycles. The summed E-state index contributed by atoms with van der Waals surface area (Å²) in [5, 5.41) is 4.91. The lowest BCUT2D eigenvalue weighted by atomic mass is 10.1. The van der Waals surface area contributed by atoms with Crippen molar-refractivity contribution in [2.75, 3.05) is 0 Å². The van der Waals surface area contributed by atoms with Crippen molar-refractivity contribution in [1.29, 1.82) is 0 Å². The Balaban J connectivity index is 1.95. The Morgan fingerprint density at radius 1 is 1.35 bits per heavy atom. The minimum Gasteiger partial charge on any atom is -0.343 e. The first kappa shape index (κ1) is 10.6. The third-order valence-corrected chi connectivity index (χ3v) is 3.36. The van der Waals surface area contributed by atoms with E-state index in [1.807, 2.05) is 6.08 Å². The standard InChI is InChI=1S/C15H18N2/c1-2-9-17-10-8-12-4-3-5-13(15(12)17)11-16-14-6-7-14/h2-5,8,10,14,16H,1,6-7,9,11H2. The molecule has 17 heavy (non-hydrogen) atoms. The molecule has 1 N–H and O–H groups in total. The van der Waals surface area contributed by atoms with E-state index in [2.05, 4.69) is 46.9 Å². The maximum atomic E-state index is 3.82. The molecule has 1 aromatic heterocycles. The summed E-state index contributed by atoms with van der Waals surface area (Å²) >= 11 is 0. The number of para-hydroxylation sites is 1. The Morgan fingerprint density at radius 3 is 3.00 bits per heavy atom. The summed E-state index contributed by atoms with van der Waals surface area (Å²) < 4.78 is 2.27. The number of aromatic nitrogens is 1. The van der Waals surface area contributed by atoms with Gasteiger partial charge in [0.05, 0.1) is 5.52 Å². The Hall–Kier alpha value is -1.54. The highest BCUT2D eigenvalue weighted by atomic mass is 15.0. The van der Waals surface area contributed by atoms with E-state index in [1.165, 1.54) is 29.3 Å². The van der Waals surface area contributed by atoms with Crippen LogP contribution in [0.1, 0.15) is 18.4 Å². The highest BCUT2D eigenvalue weighted by molar-refractivity contribution is 5.83. The molecule has 2 aromatic rings.